The van der Waals surface area contributed by atoms with Crippen molar-refractivity contribution in [2.45, 2.75) is 6.61 Å². The number of hydrazone groups is 1. The van der Waals surface area contributed by atoms with Crippen LogP contribution in [0.15, 0.2) is 58.1 Å². The van der Waals surface area contributed by atoms with E-state index in [0.717, 1.165) is 5.56 Å². The Morgan fingerprint density at radius 1 is 0.943 bits per heavy atom. The van der Waals surface area contributed by atoms with Crippen LogP contribution in [-0.4, -0.2) is 40.6 Å². The molecule has 0 aromatic heterocycles. The van der Waals surface area contributed by atoms with Crippen LogP contribution in [0.3, 0.4) is 0 Å². The average Bonchev–Trinajstić information content (AvgIpc) is 2.87. The van der Waals surface area contributed by atoms with E-state index in [4.69, 9.17) is 35.3 Å². The van der Waals surface area contributed by atoms with Gasteiger partial charge in [0.1, 0.15) is 6.61 Å². The molecule has 0 atom stereocenters. The van der Waals surface area contributed by atoms with Crippen LogP contribution in [0.5, 0.6) is 28.7 Å². The number of hydrogen-bond donors (Lipinski definition) is 1. The average molecular weight is 564 g/mol. The summed E-state index contributed by atoms with van der Waals surface area (Å²) in [5, 5.41) is 4.67. The van der Waals surface area contributed by atoms with Crippen molar-refractivity contribution in [3.63, 3.8) is 0 Å². The Kier molecular flexibility index (Phi) is 9.22. The number of methoxy groups -OCH3 is 4. The molecule has 0 radical (unpaired) electrons. The lowest BCUT2D eigenvalue weighted by Gasteiger charge is -2.14. The number of carbonyl (C=O) groups is 1. The van der Waals surface area contributed by atoms with Crippen LogP contribution in [0.4, 0.5) is 0 Å². The minimum atomic E-state index is -0.453. The summed E-state index contributed by atoms with van der Waals surface area (Å²) in [5.74, 6) is 1.67. The molecule has 0 aliphatic heterocycles. The van der Waals surface area contributed by atoms with Gasteiger partial charge in [-0.1, -0.05) is 29.8 Å². The van der Waals surface area contributed by atoms with Crippen molar-refractivity contribution in [2.75, 3.05) is 28.4 Å². The molecule has 3 aromatic rings. The smallest absolute Gasteiger partial charge is 0.271 e. The van der Waals surface area contributed by atoms with E-state index < -0.39 is 5.91 Å². The first-order valence-electron chi connectivity index (χ1n) is 10.3. The molecule has 0 heterocycles. The fourth-order valence-electron chi connectivity index (χ4n) is 3.16. The Bertz CT molecular complexity index is 1210. The fourth-order valence-corrected chi connectivity index (χ4v) is 3.93. The Morgan fingerprint density at radius 2 is 1.57 bits per heavy atom. The van der Waals surface area contributed by atoms with Gasteiger partial charge in [0, 0.05) is 16.1 Å². The zero-order chi connectivity index (χ0) is 25.4. The van der Waals surface area contributed by atoms with Crippen LogP contribution in [0, 0.1) is 0 Å². The van der Waals surface area contributed by atoms with Gasteiger partial charge in [-0.05, 0) is 51.8 Å². The molecular weight excluding hydrogens is 540 g/mol. The standard InChI is InChI=1S/C25H24BrClN2O6/c1-31-20-10-15(9-18(26)23(20)35-14-16-7-5-6-8-19(16)27)13-28-29-25(30)17-11-21(32-2)24(34-4)22(12-17)33-3/h5-13H,14H2,1-4H3,(H,29,30)/b28-13-. The maximum absolute atomic E-state index is 12.6. The summed E-state index contributed by atoms with van der Waals surface area (Å²) in [4.78, 5) is 12.6. The minimum absolute atomic E-state index is 0.271. The highest BCUT2D eigenvalue weighted by atomic mass is 79.9. The van der Waals surface area contributed by atoms with Gasteiger partial charge in [0.05, 0.1) is 39.1 Å². The zero-order valence-corrected chi connectivity index (χ0v) is 21.9. The minimum Gasteiger partial charge on any atom is -0.493 e. The van der Waals surface area contributed by atoms with Gasteiger partial charge in [-0.3, -0.25) is 4.79 Å². The molecule has 3 aromatic carbocycles. The van der Waals surface area contributed by atoms with Crippen molar-refractivity contribution < 1.29 is 28.5 Å². The number of amides is 1. The van der Waals surface area contributed by atoms with Crippen molar-refractivity contribution in [1.29, 1.82) is 0 Å². The number of halogens is 2. The molecule has 1 amide bonds. The van der Waals surface area contributed by atoms with Crippen LogP contribution in [-0.2, 0) is 6.61 Å². The van der Waals surface area contributed by atoms with Gasteiger partial charge >= 0.3 is 0 Å². The molecular formula is C25H24BrClN2O6. The van der Waals surface area contributed by atoms with Gasteiger partial charge in [-0.25, -0.2) is 5.43 Å². The number of hydrogen-bond acceptors (Lipinski definition) is 7. The quantitative estimate of drug-likeness (QED) is 0.260. The summed E-state index contributed by atoms with van der Waals surface area (Å²) in [6.07, 6.45) is 1.49. The van der Waals surface area contributed by atoms with E-state index in [1.807, 2.05) is 18.2 Å². The van der Waals surface area contributed by atoms with Crippen molar-refractivity contribution >= 4 is 39.7 Å². The Hall–Kier alpha value is -3.43. The first-order valence-corrected chi connectivity index (χ1v) is 11.5. The van der Waals surface area contributed by atoms with E-state index in [2.05, 4.69) is 26.5 Å². The summed E-state index contributed by atoms with van der Waals surface area (Å²) in [7, 11) is 5.98. The Labute approximate surface area is 216 Å². The molecule has 8 nitrogen and oxygen atoms in total. The molecule has 0 saturated heterocycles. The van der Waals surface area contributed by atoms with Gasteiger partial charge in [0.2, 0.25) is 5.75 Å². The fraction of sp³-hybridized carbons (Fsp3) is 0.200. The monoisotopic (exact) mass is 562 g/mol. The molecule has 3 rings (SSSR count). The molecule has 1 N–H and O–H groups in total. The molecule has 10 heteroatoms. The largest absolute Gasteiger partial charge is 0.493 e. The normalized spacial score (nSPS) is 10.7. The second-order valence-corrected chi connectivity index (χ2v) is 8.29. The van der Waals surface area contributed by atoms with Crippen LogP contribution in [0.1, 0.15) is 21.5 Å². The Balaban J connectivity index is 1.74. The van der Waals surface area contributed by atoms with Crippen molar-refractivity contribution in [2.24, 2.45) is 5.10 Å². The van der Waals surface area contributed by atoms with E-state index >= 15 is 0 Å². The van der Waals surface area contributed by atoms with E-state index in [0.29, 0.717) is 49.4 Å². The lowest BCUT2D eigenvalue weighted by atomic mass is 10.1. The van der Waals surface area contributed by atoms with E-state index in [-0.39, 0.29) is 6.61 Å². The second kappa shape index (κ2) is 12.3. The predicted molar refractivity (Wildman–Crippen MR) is 138 cm³/mol. The highest BCUT2D eigenvalue weighted by Gasteiger charge is 2.17. The molecule has 0 spiro atoms. The maximum atomic E-state index is 12.6. The van der Waals surface area contributed by atoms with Crippen LogP contribution < -0.4 is 29.1 Å². The van der Waals surface area contributed by atoms with E-state index in [1.54, 1.807) is 18.2 Å². The van der Waals surface area contributed by atoms with Crippen molar-refractivity contribution in [3.8, 4) is 28.7 Å². The zero-order valence-electron chi connectivity index (χ0n) is 19.6. The number of nitrogens with zero attached hydrogens (tertiary/aromatic N) is 1. The molecule has 0 aliphatic carbocycles. The highest BCUT2D eigenvalue weighted by molar-refractivity contribution is 9.10. The third-order valence-corrected chi connectivity index (χ3v) is 5.85. The van der Waals surface area contributed by atoms with Crippen LogP contribution in [0.2, 0.25) is 5.02 Å². The third-order valence-electron chi connectivity index (χ3n) is 4.89. The number of ether oxygens (including phenoxy) is 5. The predicted octanol–water partition coefficient (Wildman–Crippen LogP) is 5.48. The van der Waals surface area contributed by atoms with E-state index in [1.165, 1.54) is 46.8 Å². The summed E-state index contributed by atoms with van der Waals surface area (Å²) in [6.45, 7) is 0.271. The molecule has 35 heavy (non-hydrogen) atoms. The van der Waals surface area contributed by atoms with Crippen molar-refractivity contribution in [1.82, 2.24) is 5.43 Å². The van der Waals surface area contributed by atoms with Crippen LogP contribution in [0.25, 0.3) is 0 Å². The maximum Gasteiger partial charge on any atom is 0.271 e. The van der Waals surface area contributed by atoms with Crippen molar-refractivity contribution in [3.05, 3.63) is 74.7 Å². The number of nitrogens with one attached hydrogen (secondary N) is 1. The molecule has 0 bridgehead atoms. The van der Waals surface area contributed by atoms with Gasteiger partial charge in [0.25, 0.3) is 5.91 Å². The van der Waals surface area contributed by atoms with Gasteiger partial charge in [-0.15, -0.1) is 0 Å². The molecule has 0 saturated carbocycles. The highest BCUT2D eigenvalue weighted by Crippen LogP contribution is 2.38. The lowest BCUT2D eigenvalue weighted by molar-refractivity contribution is 0.0954. The number of carbonyl (C=O) groups excluding carboxylic acids is 1. The van der Waals surface area contributed by atoms with Gasteiger partial charge in [-0.2, -0.15) is 5.10 Å². The Morgan fingerprint density at radius 3 is 2.17 bits per heavy atom. The first kappa shape index (κ1) is 26.2. The lowest BCUT2D eigenvalue weighted by Crippen LogP contribution is -2.18. The van der Waals surface area contributed by atoms with Gasteiger partial charge < -0.3 is 23.7 Å². The summed E-state index contributed by atoms with van der Waals surface area (Å²) in [6, 6.07) is 14.0. The summed E-state index contributed by atoms with van der Waals surface area (Å²) in [5.41, 5.74) is 4.30. The topological polar surface area (TPSA) is 87.6 Å². The number of rotatable bonds is 10. The molecule has 0 unspecified atom stereocenters. The molecule has 0 fully saturated rings. The molecule has 0 aliphatic rings. The first-order chi connectivity index (χ1) is 16.9. The third kappa shape index (κ3) is 6.37. The molecule has 184 valence electrons. The van der Waals surface area contributed by atoms with Crippen LogP contribution >= 0.6 is 27.5 Å². The summed E-state index contributed by atoms with van der Waals surface area (Å²) >= 11 is 9.72. The van der Waals surface area contributed by atoms with E-state index in [9.17, 15) is 4.79 Å². The second-order valence-electron chi connectivity index (χ2n) is 7.03. The SMILES string of the molecule is COc1cc(/C=N\NC(=O)c2cc(OC)c(OC)c(OC)c2)cc(Br)c1OCc1ccccc1Cl. The summed E-state index contributed by atoms with van der Waals surface area (Å²) < 4.78 is 27.9. The number of benzene rings is 3. The van der Waals surface area contributed by atoms with Gasteiger partial charge in [0.15, 0.2) is 23.0 Å².